The van der Waals surface area contributed by atoms with Gasteiger partial charge in [0, 0.05) is 32.5 Å². The van der Waals surface area contributed by atoms with Crippen LogP contribution in [-0.2, 0) is 28.5 Å². The van der Waals surface area contributed by atoms with E-state index < -0.39 is 6.16 Å². The number of ether oxygens (including phenoxy) is 4. The standard InChI is InChI=1S/C52H102N2O7/c1-7-13-16-19-20-21-24-33-40-50(55)58-44-34-27-25-31-38-49(61-52(57)60-46-43-54(12-6)42-41-53(10-4)11-5)39-32-26-28-35-45-59-51(56)47-48(36-29-22-17-14-8-2)37-30-23-18-15-9-3/h48-49H,7-47H2,1-6H3. The molecule has 0 spiro atoms. The lowest BCUT2D eigenvalue weighted by molar-refractivity contribution is -0.145. The average Bonchev–Trinajstić information content (AvgIpc) is 3.25. The highest BCUT2D eigenvalue weighted by atomic mass is 16.7. The molecule has 1 unspecified atom stereocenters. The van der Waals surface area contributed by atoms with Gasteiger partial charge in [-0.3, -0.25) is 14.5 Å². The molecule has 0 fully saturated rings. The van der Waals surface area contributed by atoms with E-state index in [9.17, 15) is 14.4 Å². The normalized spacial score (nSPS) is 12.1. The zero-order chi connectivity index (χ0) is 44.9. The van der Waals surface area contributed by atoms with Crippen LogP contribution >= 0.6 is 0 Å². The molecule has 0 saturated carbocycles. The largest absolute Gasteiger partial charge is 0.508 e. The SMILES string of the molecule is CCCCCCCCCCC(=O)OCCCCCCC(CCCCCCOC(=O)CC(CCCCCCC)CCCCCCC)OC(=O)OCCN(CC)CCN(CC)CC. The van der Waals surface area contributed by atoms with Crippen molar-refractivity contribution >= 4 is 18.1 Å². The van der Waals surface area contributed by atoms with E-state index in [2.05, 4.69) is 51.3 Å². The maximum Gasteiger partial charge on any atom is 0.508 e. The van der Waals surface area contributed by atoms with E-state index >= 15 is 0 Å². The highest BCUT2D eigenvalue weighted by Crippen LogP contribution is 2.23. The first-order valence-electron chi connectivity index (χ1n) is 26.4. The lowest BCUT2D eigenvalue weighted by atomic mass is 9.91. The van der Waals surface area contributed by atoms with Crippen molar-refractivity contribution in [2.45, 2.75) is 253 Å². The van der Waals surface area contributed by atoms with E-state index in [1.807, 2.05) is 0 Å². The number of rotatable bonds is 47. The summed E-state index contributed by atoms with van der Waals surface area (Å²) >= 11 is 0. The highest BCUT2D eigenvalue weighted by Gasteiger charge is 2.18. The van der Waals surface area contributed by atoms with Crippen LogP contribution in [-0.4, -0.2) is 93.1 Å². The molecule has 1 atom stereocenters. The molecule has 0 aromatic rings. The molecule has 362 valence electrons. The first-order valence-corrected chi connectivity index (χ1v) is 26.4. The maximum atomic E-state index is 12.8. The molecule has 0 aliphatic rings. The first kappa shape index (κ1) is 59.1. The van der Waals surface area contributed by atoms with Crippen molar-refractivity contribution in [2.24, 2.45) is 5.92 Å². The number of esters is 2. The second-order valence-electron chi connectivity index (χ2n) is 17.8. The van der Waals surface area contributed by atoms with Crippen LogP contribution in [0.15, 0.2) is 0 Å². The molecule has 0 saturated heterocycles. The molecule has 0 N–H and O–H groups in total. The first-order chi connectivity index (χ1) is 29.8. The number of hydrogen-bond acceptors (Lipinski definition) is 9. The van der Waals surface area contributed by atoms with Gasteiger partial charge in [0.25, 0.3) is 0 Å². The van der Waals surface area contributed by atoms with Crippen molar-refractivity contribution in [3.05, 3.63) is 0 Å². The Hall–Kier alpha value is -1.87. The fourth-order valence-corrected chi connectivity index (χ4v) is 8.16. The second kappa shape index (κ2) is 46.1. The number of unbranched alkanes of at least 4 members (excludes halogenated alkanes) is 21. The van der Waals surface area contributed by atoms with Gasteiger partial charge in [-0.2, -0.15) is 0 Å². The topological polar surface area (TPSA) is 94.6 Å². The van der Waals surface area contributed by atoms with Crippen LogP contribution in [0, 0.1) is 5.92 Å². The Bertz CT molecular complexity index is 948. The summed E-state index contributed by atoms with van der Waals surface area (Å²) in [5.74, 6) is 0.360. The Morgan fingerprint density at radius 1 is 0.393 bits per heavy atom. The van der Waals surface area contributed by atoms with Crippen molar-refractivity contribution in [2.75, 3.05) is 59.1 Å². The van der Waals surface area contributed by atoms with Crippen molar-refractivity contribution in [3.8, 4) is 0 Å². The van der Waals surface area contributed by atoms with E-state index in [0.29, 0.717) is 45.1 Å². The van der Waals surface area contributed by atoms with E-state index in [1.165, 1.54) is 103 Å². The predicted octanol–water partition coefficient (Wildman–Crippen LogP) is 14.4. The molecule has 0 amide bonds. The van der Waals surface area contributed by atoms with Gasteiger partial charge < -0.3 is 23.8 Å². The minimum atomic E-state index is -0.569. The van der Waals surface area contributed by atoms with Crippen molar-refractivity contribution in [1.82, 2.24) is 9.80 Å². The zero-order valence-corrected chi connectivity index (χ0v) is 41.4. The Kier molecular flexibility index (Phi) is 44.7. The number of carbonyl (C=O) groups is 3. The van der Waals surface area contributed by atoms with Gasteiger partial charge in [-0.1, -0.05) is 176 Å². The third-order valence-electron chi connectivity index (χ3n) is 12.5. The molecule has 9 nitrogen and oxygen atoms in total. The van der Waals surface area contributed by atoms with Crippen LogP contribution in [0.25, 0.3) is 0 Å². The number of hydrogen-bond donors (Lipinski definition) is 0. The molecule has 61 heavy (non-hydrogen) atoms. The third-order valence-corrected chi connectivity index (χ3v) is 12.5. The molecule has 0 aliphatic carbocycles. The summed E-state index contributed by atoms with van der Waals surface area (Å²) in [7, 11) is 0. The molecule has 0 aromatic heterocycles. The summed E-state index contributed by atoms with van der Waals surface area (Å²) in [6.07, 6.45) is 34.3. The van der Waals surface area contributed by atoms with Gasteiger partial charge in [0.15, 0.2) is 0 Å². The molecule has 9 heteroatoms. The molecule has 0 aliphatic heterocycles. The maximum absolute atomic E-state index is 12.8. The van der Waals surface area contributed by atoms with Crippen LogP contribution in [0.3, 0.4) is 0 Å². The highest BCUT2D eigenvalue weighted by molar-refractivity contribution is 5.69. The zero-order valence-electron chi connectivity index (χ0n) is 41.4. The lowest BCUT2D eigenvalue weighted by Gasteiger charge is -2.25. The smallest absolute Gasteiger partial charge is 0.466 e. The van der Waals surface area contributed by atoms with Crippen molar-refractivity contribution in [1.29, 1.82) is 0 Å². The molecule has 0 heterocycles. The van der Waals surface area contributed by atoms with Gasteiger partial charge in [0.1, 0.15) is 12.7 Å². The average molecular weight is 867 g/mol. The number of likely N-dealkylation sites (N-methyl/N-ethyl adjacent to an activating group) is 2. The van der Waals surface area contributed by atoms with E-state index in [-0.39, 0.29) is 18.0 Å². The van der Waals surface area contributed by atoms with Crippen LogP contribution in [0.4, 0.5) is 4.79 Å². The molecule has 0 radical (unpaired) electrons. The Labute approximate surface area is 378 Å². The predicted molar refractivity (Wildman–Crippen MR) is 256 cm³/mol. The van der Waals surface area contributed by atoms with Crippen LogP contribution in [0.1, 0.15) is 247 Å². The summed E-state index contributed by atoms with van der Waals surface area (Å²) < 4.78 is 22.7. The Balaban J connectivity index is 4.67. The quantitative estimate of drug-likeness (QED) is 0.0337. The van der Waals surface area contributed by atoms with Gasteiger partial charge in [-0.25, -0.2) is 4.79 Å². The van der Waals surface area contributed by atoms with Gasteiger partial charge >= 0.3 is 18.1 Å². The molecular weight excluding hydrogens is 765 g/mol. The van der Waals surface area contributed by atoms with Crippen LogP contribution < -0.4 is 0 Å². The van der Waals surface area contributed by atoms with Gasteiger partial charge in [-0.15, -0.1) is 0 Å². The fraction of sp³-hybridized carbons (Fsp3) is 0.942. The summed E-state index contributed by atoms with van der Waals surface area (Å²) in [6, 6.07) is 0. The summed E-state index contributed by atoms with van der Waals surface area (Å²) in [5, 5.41) is 0. The molecule has 0 bridgehead atoms. The minimum Gasteiger partial charge on any atom is -0.466 e. The Morgan fingerprint density at radius 3 is 1.30 bits per heavy atom. The van der Waals surface area contributed by atoms with Gasteiger partial charge in [0.05, 0.1) is 13.2 Å². The monoisotopic (exact) mass is 867 g/mol. The van der Waals surface area contributed by atoms with Crippen molar-refractivity contribution in [3.63, 3.8) is 0 Å². The molecule has 0 aromatic carbocycles. The fourth-order valence-electron chi connectivity index (χ4n) is 8.16. The summed E-state index contributed by atoms with van der Waals surface area (Å²) in [5.41, 5.74) is 0. The van der Waals surface area contributed by atoms with E-state index in [1.54, 1.807) is 0 Å². The van der Waals surface area contributed by atoms with E-state index in [0.717, 1.165) is 123 Å². The van der Waals surface area contributed by atoms with Crippen LogP contribution in [0.5, 0.6) is 0 Å². The number of nitrogens with zero attached hydrogens (tertiary/aromatic N) is 2. The van der Waals surface area contributed by atoms with Gasteiger partial charge in [0.2, 0.25) is 0 Å². The van der Waals surface area contributed by atoms with Gasteiger partial charge in [-0.05, 0) is 83.3 Å². The second-order valence-corrected chi connectivity index (χ2v) is 17.8. The molecular formula is C52H102N2O7. The summed E-state index contributed by atoms with van der Waals surface area (Å²) in [4.78, 5) is 42.5. The number of carbonyl (C=O) groups excluding carboxylic acids is 3. The van der Waals surface area contributed by atoms with Crippen molar-refractivity contribution < 1.29 is 33.3 Å². The lowest BCUT2D eigenvalue weighted by Crippen LogP contribution is -2.37. The van der Waals surface area contributed by atoms with Crippen LogP contribution in [0.2, 0.25) is 0 Å². The van der Waals surface area contributed by atoms with E-state index in [4.69, 9.17) is 18.9 Å². The molecule has 0 rings (SSSR count). The summed E-state index contributed by atoms with van der Waals surface area (Å²) in [6.45, 7) is 20.2. The minimum absolute atomic E-state index is 0.0259. The third kappa shape index (κ3) is 40.6. The Morgan fingerprint density at radius 2 is 0.803 bits per heavy atom.